The number of anilines is 1. The predicted molar refractivity (Wildman–Crippen MR) is 94.7 cm³/mol. The molecule has 2 aromatic rings. The maximum absolute atomic E-state index is 12.4. The van der Waals surface area contributed by atoms with E-state index in [9.17, 15) is 9.59 Å². The van der Waals surface area contributed by atoms with Gasteiger partial charge in [0, 0.05) is 37.1 Å². The van der Waals surface area contributed by atoms with Crippen molar-refractivity contribution in [3.8, 4) is 0 Å². The van der Waals surface area contributed by atoms with Gasteiger partial charge in [-0.25, -0.2) is 0 Å². The molecular formula is C19H23N3O2. The Morgan fingerprint density at radius 3 is 2.58 bits per heavy atom. The molecule has 24 heavy (non-hydrogen) atoms. The summed E-state index contributed by atoms with van der Waals surface area (Å²) in [5.74, 6) is -1.18. The molecular weight excluding hydrogens is 302 g/mol. The SMILES string of the molecule is Cc1ccc(NC(=O)C(=O)N(C)[C@@H](C)Cc2ccccn2)c(C)c1. The summed E-state index contributed by atoms with van der Waals surface area (Å²) in [7, 11) is 1.64. The van der Waals surface area contributed by atoms with Gasteiger partial charge in [-0.3, -0.25) is 14.6 Å². The lowest BCUT2D eigenvalue weighted by Crippen LogP contribution is -2.43. The van der Waals surface area contributed by atoms with Crippen LogP contribution in [0.2, 0.25) is 0 Å². The van der Waals surface area contributed by atoms with Crippen molar-refractivity contribution < 1.29 is 9.59 Å². The molecule has 2 rings (SSSR count). The minimum atomic E-state index is -0.627. The summed E-state index contributed by atoms with van der Waals surface area (Å²) < 4.78 is 0. The number of hydrogen-bond donors (Lipinski definition) is 1. The van der Waals surface area contributed by atoms with Crippen molar-refractivity contribution in [2.24, 2.45) is 0 Å². The lowest BCUT2D eigenvalue weighted by molar-refractivity contribution is -0.143. The first kappa shape index (κ1) is 17.7. The van der Waals surface area contributed by atoms with E-state index in [0.29, 0.717) is 12.1 Å². The zero-order chi connectivity index (χ0) is 17.7. The number of nitrogens with one attached hydrogen (secondary N) is 1. The molecule has 0 fully saturated rings. The Morgan fingerprint density at radius 2 is 1.96 bits per heavy atom. The second-order valence-corrected chi connectivity index (χ2v) is 6.06. The molecule has 0 aliphatic heterocycles. The van der Waals surface area contributed by atoms with Crippen molar-refractivity contribution in [3.05, 3.63) is 59.4 Å². The summed E-state index contributed by atoms with van der Waals surface area (Å²) in [6.45, 7) is 5.79. The number of rotatable bonds is 4. The Bertz CT molecular complexity index is 729. The smallest absolute Gasteiger partial charge is 0.313 e. The zero-order valence-corrected chi connectivity index (χ0v) is 14.5. The van der Waals surface area contributed by atoms with Crippen LogP contribution in [0.25, 0.3) is 0 Å². The van der Waals surface area contributed by atoms with E-state index in [1.165, 1.54) is 4.90 Å². The first-order chi connectivity index (χ1) is 11.4. The highest BCUT2D eigenvalue weighted by atomic mass is 16.2. The van der Waals surface area contributed by atoms with Crippen LogP contribution >= 0.6 is 0 Å². The minimum absolute atomic E-state index is 0.128. The van der Waals surface area contributed by atoms with Gasteiger partial charge in [0.25, 0.3) is 0 Å². The molecule has 0 bridgehead atoms. The van der Waals surface area contributed by atoms with Crippen molar-refractivity contribution in [2.45, 2.75) is 33.2 Å². The second-order valence-electron chi connectivity index (χ2n) is 6.06. The predicted octanol–water partition coefficient (Wildman–Crippen LogP) is 2.73. The maximum Gasteiger partial charge on any atom is 0.313 e. The van der Waals surface area contributed by atoms with Crippen LogP contribution in [0.1, 0.15) is 23.7 Å². The second kappa shape index (κ2) is 7.73. The molecule has 2 amide bonds. The summed E-state index contributed by atoms with van der Waals surface area (Å²) in [5, 5.41) is 2.69. The van der Waals surface area contributed by atoms with E-state index in [4.69, 9.17) is 0 Å². The number of likely N-dealkylation sites (N-methyl/N-ethyl adjacent to an activating group) is 1. The van der Waals surface area contributed by atoms with E-state index in [2.05, 4.69) is 10.3 Å². The van der Waals surface area contributed by atoms with Crippen LogP contribution in [-0.2, 0) is 16.0 Å². The number of pyridine rings is 1. The topological polar surface area (TPSA) is 62.3 Å². The number of hydrogen-bond acceptors (Lipinski definition) is 3. The van der Waals surface area contributed by atoms with Gasteiger partial charge in [-0.15, -0.1) is 0 Å². The standard InChI is InChI=1S/C19H23N3O2/c1-13-8-9-17(14(2)11-13)21-18(23)19(24)22(4)15(3)12-16-7-5-6-10-20-16/h5-11,15H,12H2,1-4H3,(H,21,23)/t15-/m0/s1. The van der Waals surface area contributed by atoms with Crippen LogP contribution in [0.4, 0.5) is 5.69 Å². The van der Waals surface area contributed by atoms with Crippen molar-refractivity contribution in [3.63, 3.8) is 0 Å². The molecule has 1 atom stereocenters. The Morgan fingerprint density at radius 1 is 1.21 bits per heavy atom. The Balaban J connectivity index is 2.00. The molecule has 0 aliphatic rings. The number of aryl methyl sites for hydroxylation is 2. The fourth-order valence-corrected chi connectivity index (χ4v) is 2.45. The molecule has 0 unspecified atom stereocenters. The van der Waals surface area contributed by atoms with Gasteiger partial charge in [0.15, 0.2) is 0 Å². The molecule has 0 saturated heterocycles. The van der Waals surface area contributed by atoms with Gasteiger partial charge in [0.05, 0.1) is 0 Å². The van der Waals surface area contributed by atoms with E-state index in [0.717, 1.165) is 16.8 Å². The molecule has 5 nitrogen and oxygen atoms in total. The average molecular weight is 325 g/mol. The van der Waals surface area contributed by atoms with Crippen LogP contribution in [0.15, 0.2) is 42.6 Å². The first-order valence-corrected chi connectivity index (χ1v) is 7.93. The lowest BCUT2D eigenvalue weighted by atomic mass is 10.1. The van der Waals surface area contributed by atoms with Gasteiger partial charge in [-0.1, -0.05) is 23.8 Å². The number of benzene rings is 1. The van der Waals surface area contributed by atoms with Crippen molar-refractivity contribution >= 4 is 17.5 Å². The van der Waals surface area contributed by atoms with Gasteiger partial charge in [-0.05, 0) is 44.5 Å². The number of carbonyl (C=O) groups is 2. The monoisotopic (exact) mass is 325 g/mol. The van der Waals surface area contributed by atoms with E-state index in [1.54, 1.807) is 13.2 Å². The number of amides is 2. The molecule has 0 saturated carbocycles. The van der Waals surface area contributed by atoms with Crippen molar-refractivity contribution in [1.29, 1.82) is 0 Å². The summed E-state index contributed by atoms with van der Waals surface area (Å²) in [6.07, 6.45) is 2.32. The van der Waals surface area contributed by atoms with Gasteiger partial charge >= 0.3 is 11.8 Å². The van der Waals surface area contributed by atoms with E-state index in [-0.39, 0.29) is 6.04 Å². The third-order valence-corrected chi connectivity index (χ3v) is 4.04. The molecule has 0 spiro atoms. The largest absolute Gasteiger partial charge is 0.334 e. The molecule has 0 radical (unpaired) electrons. The molecule has 1 heterocycles. The normalized spacial score (nSPS) is 11.7. The highest BCUT2D eigenvalue weighted by Crippen LogP contribution is 2.16. The summed E-state index contributed by atoms with van der Waals surface area (Å²) in [5.41, 5.74) is 3.59. The van der Waals surface area contributed by atoms with Gasteiger partial charge < -0.3 is 10.2 Å². The molecule has 0 aliphatic carbocycles. The summed E-state index contributed by atoms with van der Waals surface area (Å²) >= 11 is 0. The van der Waals surface area contributed by atoms with E-state index >= 15 is 0 Å². The van der Waals surface area contributed by atoms with Crippen molar-refractivity contribution in [2.75, 3.05) is 12.4 Å². The Kier molecular flexibility index (Phi) is 5.68. The quantitative estimate of drug-likeness (QED) is 0.879. The Labute approximate surface area is 142 Å². The zero-order valence-electron chi connectivity index (χ0n) is 14.5. The van der Waals surface area contributed by atoms with Crippen LogP contribution in [0.3, 0.4) is 0 Å². The molecule has 1 N–H and O–H groups in total. The summed E-state index contributed by atoms with van der Waals surface area (Å²) in [6, 6.07) is 11.2. The van der Waals surface area contributed by atoms with Crippen LogP contribution in [0.5, 0.6) is 0 Å². The average Bonchev–Trinajstić information content (AvgIpc) is 2.56. The molecule has 5 heteroatoms. The molecule has 1 aromatic heterocycles. The van der Waals surface area contributed by atoms with E-state index in [1.807, 2.05) is 57.2 Å². The van der Waals surface area contributed by atoms with Crippen molar-refractivity contribution in [1.82, 2.24) is 9.88 Å². The third kappa shape index (κ3) is 4.41. The lowest BCUT2D eigenvalue weighted by Gasteiger charge is -2.24. The highest BCUT2D eigenvalue weighted by molar-refractivity contribution is 6.39. The summed E-state index contributed by atoms with van der Waals surface area (Å²) in [4.78, 5) is 30.3. The van der Waals surface area contributed by atoms with Gasteiger partial charge in [-0.2, -0.15) is 0 Å². The van der Waals surface area contributed by atoms with Gasteiger partial charge in [0.1, 0.15) is 0 Å². The third-order valence-electron chi connectivity index (χ3n) is 4.04. The minimum Gasteiger partial charge on any atom is -0.334 e. The maximum atomic E-state index is 12.4. The highest BCUT2D eigenvalue weighted by Gasteiger charge is 2.23. The van der Waals surface area contributed by atoms with Crippen LogP contribution in [-0.4, -0.2) is 34.8 Å². The fourth-order valence-electron chi connectivity index (χ4n) is 2.45. The van der Waals surface area contributed by atoms with Crippen LogP contribution in [0, 0.1) is 13.8 Å². The first-order valence-electron chi connectivity index (χ1n) is 7.93. The molecule has 126 valence electrons. The Hall–Kier alpha value is -2.69. The van der Waals surface area contributed by atoms with Gasteiger partial charge in [0.2, 0.25) is 0 Å². The fraction of sp³-hybridized carbons (Fsp3) is 0.316. The van der Waals surface area contributed by atoms with E-state index < -0.39 is 11.8 Å². The number of aromatic nitrogens is 1. The van der Waals surface area contributed by atoms with Crippen LogP contribution < -0.4 is 5.32 Å². The number of nitrogens with zero attached hydrogens (tertiary/aromatic N) is 2. The molecule has 1 aromatic carbocycles. The number of carbonyl (C=O) groups excluding carboxylic acids is 2.